The molecule has 0 radical (unpaired) electrons. The fraction of sp³-hybridized carbons (Fsp3) is 0.632. The van der Waals surface area contributed by atoms with Gasteiger partial charge in [0, 0.05) is 11.6 Å². The third kappa shape index (κ3) is 2.32. The Hall–Kier alpha value is -1.06. The summed E-state index contributed by atoms with van der Waals surface area (Å²) in [5.74, 6) is 3.74. The first-order valence-corrected chi connectivity index (χ1v) is 9.36. The number of carbonyl (C=O) groups excluding carboxylic acids is 1. The van der Waals surface area contributed by atoms with Gasteiger partial charge in [0.2, 0.25) is 0 Å². The molecular formula is C19H23ClN2O. The zero-order chi connectivity index (χ0) is 15.6. The summed E-state index contributed by atoms with van der Waals surface area (Å²) in [6, 6.07) is 8.49. The monoisotopic (exact) mass is 330 g/mol. The minimum Gasteiger partial charge on any atom is -0.272 e. The predicted molar refractivity (Wildman–Crippen MR) is 89.5 cm³/mol. The van der Waals surface area contributed by atoms with Crippen molar-refractivity contribution in [2.45, 2.75) is 44.7 Å². The van der Waals surface area contributed by atoms with E-state index in [0.29, 0.717) is 18.5 Å². The van der Waals surface area contributed by atoms with Crippen LogP contribution in [0.5, 0.6) is 0 Å². The van der Waals surface area contributed by atoms with Gasteiger partial charge in [-0.25, -0.2) is 5.01 Å². The second-order valence-corrected chi connectivity index (χ2v) is 8.55. The zero-order valence-corrected chi connectivity index (χ0v) is 14.1. The van der Waals surface area contributed by atoms with Crippen LogP contribution in [0.4, 0.5) is 0 Å². The molecule has 1 amide bonds. The summed E-state index contributed by atoms with van der Waals surface area (Å²) in [7, 11) is 0. The number of halogens is 1. The van der Waals surface area contributed by atoms with Crippen molar-refractivity contribution in [2.75, 3.05) is 6.54 Å². The summed E-state index contributed by atoms with van der Waals surface area (Å²) in [5.41, 5.74) is 1.23. The molecule has 1 aromatic rings. The first kappa shape index (κ1) is 14.3. The molecule has 1 heterocycles. The minimum absolute atomic E-state index is 0.330. The Morgan fingerprint density at radius 1 is 0.957 bits per heavy atom. The summed E-state index contributed by atoms with van der Waals surface area (Å²) in [5, 5.41) is 5.17. The molecule has 0 aromatic heterocycles. The van der Waals surface area contributed by atoms with E-state index in [1.165, 1.54) is 37.7 Å². The van der Waals surface area contributed by atoms with Gasteiger partial charge in [-0.2, -0.15) is 0 Å². The van der Waals surface area contributed by atoms with Crippen LogP contribution in [0.25, 0.3) is 0 Å². The molecule has 23 heavy (non-hydrogen) atoms. The smallest absolute Gasteiger partial charge is 0.253 e. The summed E-state index contributed by atoms with van der Waals surface area (Å²) in [6.45, 7) is 1.40. The van der Waals surface area contributed by atoms with Crippen LogP contribution in [0.1, 0.15) is 37.7 Å². The average molecular weight is 331 g/mol. The van der Waals surface area contributed by atoms with Crippen molar-refractivity contribution in [3.63, 3.8) is 0 Å². The number of hydrazine groups is 1. The van der Waals surface area contributed by atoms with Gasteiger partial charge in [0.25, 0.3) is 5.91 Å². The van der Waals surface area contributed by atoms with Gasteiger partial charge in [-0.15, -0.1) is 0 Å². The Balaban J connectivity index is 1.35. The van der Waals surface area contributed by atoms with E-state index >= 15 is 0 Å². The van der Waals surface area contributed by atoms with Gasteiger partial charge >= 0.3 is 0 Å². The molecule has 4 saturated carbocycles. The lowest BCUT2D eigenvalue weighted by molar-refractivity contribution is -0.213. The Morgan fingerprint density at radius 2 is 1.57 bits per heavy atom. The molecule has 1 saturated heterocycles. The lowest BCUT2D eigenvalue weighted by Gasteiger charge is -2.61. The van der Waals surface area contributed by atoms with Gasteiger partial charge in [0.15, 0.2) is 0 Å². The summed E-state index contributed by atoms with van der Waals surface area (Å²) >= 11 is 5.97. The maximum atomic E-state index is 12.4. The van der Waals surface area contributed by atoms with Gasteiger partial charge in [-0.3, -0.25) is 9.80 Å². The summed E-state index contributed by atoms with van der Waals surface area (Å²) in [6.07, 6.45) is 6.89. The lowest BCUT2D eigenvalue weighted by atomic mass is 9.54. The number of hydrogen-bond acceptors (Lipinski definition) is 2. The van der Waals surface area contributed by atoms with Crippen LogP contribution in [-0.4, -0.2) is 28.5 Å². The van der Waals surface area contributed by atoms with Crippen LogP contribution in [0, 0.1) is 23.7 Å². The zero-order valence-electron chi connectivity index (χ0n) is 13.3. The quantitative estimate of drug-likeness (QED) is 0.843. The topological polar surface area (TPSA) is 23.6 Å². The molecule has 6 rings (SSSR count). The van der Waals surface area contributed by atoms with E-state index in [1.807, 2.05) is 12.1 Å². The fourth-order valence-electron chi connectivity index (χ4n) is 5.97. The predicted octanol–water partition coefficient (Wildman–Crippen LogP) is 3.72. The molecule has 122 valence electrons. The van der Waals surface area contributed by atoms with E-state index in [-0.39, 0.29) is 0 Å². The standard InChI is InChI=1S/C19H23ClN2O/c20-17-3-1-12(2-4-17)10-21-11-18(23)22(21)19-15-6-13-5-14(8-15)9-16(19)7-13/h1-4,13-16,19H,5-11H2. The molecule has 4 aliphatic carbocycles. The van der Waals surface area contributed by atoms with E-state index in [4.69, 9.17) is 11.6 Å². The van der Waals surface area contributed by atoms with Crippen LogP contribution >= 0.6 is 11.6 Å². The highest BCUT2D eigenvalue weighted by molar-refractivity contribution is 6.30. The van der Waals surface area contributed by atoms with Crippen molar-refractivity contribution >= 4 is 17.5 Å². The SMILES string of the molecule is O=C1CN(Cc2ccc(Cl)cc2)N1C1C2CC3CC(C2)CC1C3. The van der Waals surface area contributed by atoms with Crippen molar-refractivity contribution in [2.24, 2.45) is 23.7 Å². The molecule has 4 heteroatoms. The Labute approximate surface area is 142 Å². The van der Waals surface area contributed by atoms with Gasteiger partial charge in [-0.05, 0) is 73.5 Å². The molecule has 0 atom stereocenters. The maximum Gasteiger partial charge on any atom is 0.253 e. The molecule has 0 unspecified atom stereocenters. The summed E-state index contributed by atoms with van der Waals surface area (Å²) < 4.78 is 0. The second-order valence-electron chi connectivity index (χ2n) is 8.11. The van der Waals surface area contributed by atoms with Crippen LogP contribution in [-0.2, 0) is 11.3 Å². The highest BCUT2D eigenvalue weighted by atomic mass is 35.5. The first-order valence-electron chi connectivity index (χ1n) is 8.98. The first-order chi connectivity index (χ1) is 11.2. The summed E-state index contributed by atoms with van der Waals surface area (Å²) in [4.78, 5) is 12.4. The number of amides is 1. The Kier molecular flexibility index (Phi) is 3.24. The van der Waals surface area contributed by atoms with Crippen molar-refractivity contribution in [1.82, 2.24) is 10.0 Å². The Morgan fingerprint density at radius 3 is 2.13 bits per heavy atom. The van der Waals surface area contributed by atoms with E-state index in [2.05, 4.69) is 22.2 Å². The average Bonchev–Trinajstić information content (AvgIpc) is 2.51. The molecule has 1 aromatic carbocycles. The number of rotatable bonds is 3. The molecule has 0 spiro atoms. The van der Waals surface area contributed by atoms with Gasteiger partial charge in [0.1, 0.15) is 0 Å². The molecule has 5 aliphatic rings. The second kappa shape index (κ2) is 5.22. The van der Waals surface area contributed by atoms with Gasteiger partial charge in [0.05, 0.1) is 12.6 Å². The Bertz CT molecular complexity index is 601. The van der Waals surface area contributed by atoms with Crippen LogP contribution in [0.3, 0.4) is 0 Å². The van der Waals surface area contributed by atoms with Crippen LogP contribution < -0.4 is 0 Å². The van der Waals surface area contributed by atoms with E-state index < -0.39 is 0 Å². The van der Waals surface area contributed by atoms with Crippen LogP contribution in [0.15, 0.2) is 24.3 Å². The molecular weight excluding hydrogens is 308 g/mol. The normalized spacial score (nSPS) is 38.9. The van der Waals surface area contributed by atoms with Crippen molar-refractivity contribution < 1.29 is 4.79 Å². The van der Waals surface area contributed by atoms with E-state index in [0.717, 1.165) is 35.2 Å². The van der Waals surface area contributed by atoms with Gasteiger partial charge < -0.3 is 0 Å². The number of nitrogens with zero attached hydrogens (tertiary/aromatic N) is 2. The largest absolute Gasteiger partial charge is 0.272 e. The highest BCUT2D eigenvalue weighted by Gasteiger charge is 2.54. The molecule has 5 fully saturated rings. The number of hydrogen-bond donors (Lipinski definition) is 0. The third-order valence-corrected chi connectivity index (χ3v) is 6.87. The van der Waals surface area contributed by atoms with Crippen molar-refractivity contribution in [3.05, 3.63) is 34.9 Å². The van der Waals surface area contributed by atoms with Crippen LogP contribution in [0.2, 0.25) is 5.02 Å². The maximum absolute atomic E-state index is 12.4. The number of benzene rings is 1. The van der Waals surface area contributed by atoms with E-state index in [1.54, 1.807) is 0 Å². The highest BCUT2D eigenvalue weighted by Crippen LogP contribution is 2.55. The minimum atomic E-state index is 0.330. The fourth-order valence-corrected chi connectivity index (χ4v) is 6.09. The molecule has 0 N–H and O–H groups in total. The lowest BCUT2D eigenvalue weighted by Crippen LogP contribution is -2.70. The van der Waals surface area contributed by atoms with Crippen molar-refractivity contribution in [1.29, 1.82) is 0 Å². The molecule has 3 nitrogen and oxygen atoms in total. The van der Waals surface area contributed by atoms with Gasteiger partial charge in [-0.1, -0.05) is 23.7 Å². The number of carbonyl (C=O) groups is 1. The van der Waals surface area contributed by atoms with E-state index in [9.17, 15) is 4.79 Å². The third-order valence-electron chi connectivity index (χ3n) is 6.62. The van der Waals surface area contributed by atoms with Crippen molar-refractivity contribution in [3.8, 4) is 0 Å². The molecule has 1 aliphatic heterocycles. The molecule has 4 bridgehead atoms.